The van der Waals surface area contributed by atoms with Gasteiger partial charge in [-0.05, 0) is 27.3 Å². The molecule has 2 atom stereocenters. The molecule has 156 valence electrons. The molecule has 0 aliphatic carbocycles. The van der Waals surface area contributed by atoms with Crippen molar-refractivity contribution in [3.63, 3.8) is 0 Å². The Kier molecular flexibility index (Phi) is 15.1. The van der Waals surface area contributed by atoms with Crippen molar-refractivity contribution in [1.82, 2.24) is 4.90 Å². The molecule has 0 aliphatic heterocycles. The van der Waals surface area contributed by atoms with Crippen molar-refractivity contribution in [3.05, 3.63) is 0 Å². The number of aliphatic hydroxyl groups excluding tert-OH is 1. The van der Waals surface area contributed by atoms with Gasteiger partial charge in [-0.1, -0.05) is 96.8 Å². The van der Waals surface area contributed by atoms with Gasteiger partial charge >= 0.3 is 5.97 Å². The maximum absolute atomic E-state index is 11.6. The van der Waals surface area contributed by atoms with Gasteiger partial charge in [-0.25, -0.2) is 0 Å². The maximum atomic E-state index is 11.6. The van der Waals surface area contributed by atoms with E-state index >= 15 is 0 Å². The molecule has 2 unspecified atom stereocenters. The molecular weight excluding hydrogens is 326 g/mol. The standard InChI is InChI=1S/C22H45NO3/c1-5-6-7-8-9-10-11-12-13-14-15-16-17-18-19-22(3,21(25)26)23(4)20(2)24/h20,24H,5-19H2,1-4H3,(H,25,26). The van der Waals surface area contributed by atoms with Crippen LogP contribution in [0.2, 0.25) is 0 Å². The monoisotopic (exact) mass is 371 g/mol. The summed E-state index contributed by atoms with van der Waals surface area (Å²) in [5, 5.41) is 19.2. The van der Waals surface area contributed by atoms with Gasteiger partial charge < -0.3 is 10.2 Å². The normalized spacial score (nSPS) is 15.2. The topological polar surface area (TPSA) is 60.8 Å². The van der Waals surface area contributed by atoms with Crippen LogP contribution >= 0.6 is 0 Å². The van der Waals surface area contributed by atoms with Crippen LogP contribution in [0.3, 0.4) is 0 Å². The third kappa shape index (κ3) is 11.2. The van der Waals surface area contributed by atoms with Crippen LogP contribution in [-0.2, 0) is 4.79 Å². The van der Waals surface area contributed by atoms with Crippen molar-refractivity contribution in [2.45, 2.75) is 129 Å². The molecule has 0 aromatic heterocycles. The number of likely N-dealkylation sites (N-methyl/N-ethyl adjacent to an activating group) is 1. The lowest BCUT2D eigenvalue weighted by Crippen LogP contribution is -2.53. The lowest BCUT2D eigenvalue weighted by Gasteiger charge is -2.37. The SMILES string of the molecule is CCCCCCCCCCCCCCCCC(C)(C(=O)O)N(C)C(C)O. The van der Waals surface area contributed by atoms with Crippen LogP contribution in [0.15, 0.2) is 0 Å². The Balaban J connectivity index is 3.59. The predicted octanol–water partition coefficient (Wildman–Crippen LogP) is 5.97. The minimum Gasteiger partial charge on any atom is -0.480 e. The van der Waals surface area contributed by atoms with Crippen molar-refractivity contribution >= 4 is 5.97 Å². The zero-order valence-corrected chi connectivity index (χ0v) is 17.9. The summed E-state index contributed by atoms with van der Waals surface area (Å²) in [6.07, 6.45) is 18.0. The van der Waals surface area contributed by atoms with E-state index in [1.165, 1.54) is 77.0 Å². The summed E-state index contributed by atoms with van der Waals surface area (Å²) in [7, 11) is 1.68. The number of hydrogen-bond acceptors (Lipinski definition) is 3. The molecule has 0 radical (unpaired) electrons. The van der Waals surface area contributed by atoms with Crippen LogP contribution in [0.5, 0.6) is 0 Å². The molecule has 0 fully saturated rings. The van der Waals surface area contributed by atoms with Crippen molar-refractivity contribution in [2.75, 3.05) is 7.05 Å². The summed E-state index contributed by atoms with van der Waals surface area (Å²) in [5.41, 5.74) is -0.981. The molecule has 4 nitrogen and oxygen atoms in total. The summed E-state index contributed by atoms with van der Waals surface area (Å²) >= 11 is 0. The van der Waals surface area contributed by atoms with Gasteiger partial charge in [-0.15, -0.1) is 0 Å². The van der Waals surface area contributed by atoms with Gasteiger partial charge in [0, 0.05) is 0 Å². The van der Waals surface area contributed by atoms with Gasteiger partial charge in [0.2, 0.25) is 0 Å². The van der Waals surface area contributed by atoms with E-state index in [9.17, 15) is 15.0 Å². The van der Waals surface area contributed by atoms with Gasteiger partial charge in [0.1, 0.15) is 11.8 Å². The molecule has 0 saturated heterocycles. The molecule has 0 bridgehead atoms. The second kappa shape index (κ2) is 15.4. The van der Waals surface area contributed by atoms with E-state index in [1.807, 2.05) is 0 Å². The van der Waals surface area contributed by atoms with Crippen molar-refractivity contribution in [2.24, 2.45) is 0 Å². The molecule has 0 aromatic rings. The lowest BCUT2D eigenvalue weighted by molar-refractivity contribution is -0.157. The van der Waals surface area contributed by atoms with Crippen molar-refractivity contribution in [1.29, 1.82) is 0 Å². The quantitative estimate of drug-likeness (QED) is 0.230. The Labute approximate surface area is 162 Å². The first kappa shape index (κ1) is 25.4. The molecule has 2 N–H and O–H groups in total. The van der Waals surface area contributed by atoms with Crippen LogP contribution in [0, 0.1) is 0 Å². The average molecular weight is 372 g/mol. The van der Waals surface area contributed by atoms with Gasteiger partial charge in [0.15, 0.2) is 0 Å². The zero-order chi connectivity index (χ0) is 19.8. The number of unbranched alkanes of at least 4 members (excludes halogenated alkanes) is 13. The number of aliphatic hydroxyl groups is 1. The van der Waals surface area contributed by atoms with Gasteiger partial charge in [0.05, 0.1) is 0 Å². The lowest BCUT2D eigenvalue weighted by atomic mass is 9.92. The summed E-state index contributed by atoms with van der Waals surface area (Å²) in [5.74, 6) is -0.851. The first-order valence-electron chi connectivity index (χ1n) is 11.0. The fourth-order valence-corrected chi connectivity index (χ4v) is 3.51. The van der Waals surface area contributed by atoms with Crippen LogP contribution in [-0.4, -0.2) is 39.9 Å². The van der Waals surface area contributed by atoms with Crippen LogP contribution < -0.4 is 0 Å². The highest BCUT2D eigenvalue weighted by molar-refractivity contribution is 5.78. The zero-order valence-electron chi connectivity index (χ0n) is 17.9. The van der Waals surface area contributed by atoms with E-state index in [0.717, 1.165) is 12.8 Å². The number of aliphatic carboxylic acids is 1. The molecule has 4 heteroatoms. The van der Waals surface area contributed by atoms with Gasteiger partial charge in [-0.3, -0.25) is 9.69 Å². The summed E-state index contributed by atoms with van der Waals surface area (Å²) < 4.78 is 0. The van der Waals surface area contributed by atoms with E-state index < -0.39 is 17.7 Å². The third-order valence-electron chi connectivity index (χ3n) is 5.82. The number of rotatable bonds is 18. The second-order valence-corrected chi connectivity index (χ2v) is 8.17. The van der Waals surface area contributed by atoms with Crippen LogP contribution in [0.25, 0.3) is 0 Å². The van der Waals surface area contributed by atoms with Crippen molar-refractivity contribution in [3.8, 4) is 0 Å². The predicted molar refractivity (Wildman–Crippen MR) is 110 cm³/mol. The maximum Gasteiger partial charge on any atom is 0.323 e. The smallest absolute Gasteiger partial charge is 0.323 e. The minimum atomic E-state index is -0.981. The molecule has 0 aliphatic rings. The van der Waals surface area contributed by atoms with Crippen LogP contribution in [0.4, 0.5) is 0 Å². The Morgan fingerprint density at radius 3 is 1.50 bits per heavy atom. The van der Waals surface area contributed by atoms with E-state index in [1.54, 1.807) is 25.8 Å². The number of carboxylic acid groups (broad SMARTS) is 1. The molecule has 0 aromatic carbocycles. The Morgan fingerprint density at radius 2 is 1.19 bits per heavy atom. The first-order valence-corrected chi connectivity index (χ1v) is 11.0. The van der Waals surface area contributed by atoms with Crippen molar-refractivity contribution < 1.29 is 15.0 Å². The summed E-state index contributed by atoms with van der Waals surface area (Å²) in [6.45, 7) is 5.59. The van der Waals surface area contributed by atoms with E-state index in [4.69, 9.17) is 0 Å². The number of hydrogen-bond donors (Lipinski definition) is 2. The van der Waals surface area contributed by atoms with E-state index in [-0.39, 0.29) is 0 Å². The highest BCUT2D eigenvalue weighted by Gasteiger charge is 2.38. The van der Waals surface area contributed by atoms with Gasteiger partial charge in [-0.2, -0.15) is 0 Å². The minimum absolute atomic E-state index is 0.585. The summed E-state index contributed by atoms with van der Waals surface area (Å²) in [4.78, 5) is 13.1. The van der Waals surface area contributed by atoms with E-state index in [2.05, 4.69) is 6.92 Å². The Hall–Kier alpha value is -0.610. The highest BCUT2D eigenvalue weighted by atomic mass is 16.4. The molecule has 0 amide bonds. The Bertz CT molecular complexity index is 346. The molecular formula is C22H45NO3. The highest BCUT2D eigenvalue weighted by Crippen LogP contribution is 2.24. The molecule has 0 rings (SSSR count). The fraction of sp³-hybridized carbons (Fsp3) is 0.955. The molecule has 0 heterocycles. The number of carbonyl (C=O) groups is 1. The summed E-state index contributed by atoms with van der Waals surface area (Å²) in [6, 6.07) is 0. The Morgan fingerprint density at radius 1 is 0.846 bits per heavy atom. The number of carboxylic acids is 1. The molecule has 26 heavy (non-hydrogen) atoms. The fourth-order valence-electron chi connectivity index (χ4n) is 3.51. The van der Waals surface area contributed by atoms with Crippen LogP contribution in [0.1, 0.15) is 117 Å². The number of nitrogens with zero attached hydrogens (tertiary/aromatic N) is 1. The van der Waals surface area contributed by atoms with Gasteiger partial charge in [0.25, 0.3) is 0 Å². The third-order valence-corrected chi connectivity index (χ3v) is 5.82. The van der Waals surface area contributed by atoms with E-state index in [0.29, 0.717) is 6.42 Å². The molecule has 0 saturated carbocycles. The second-order valence-electron chi connectivity index (χ2n) is 8.17. The molecule has 0 spiro atoms. The largest absolute Gasteiger partial charge is 0.480 e. The first-order chi connectivity index (χ1) is 12.4. The average Bonchev–Trinajstić information content (AvgIpc) is 2.60.